The van der Waals surface area contributed by atoms with Crippen LogP contribution < -0.4 is 21.6 Å². The molecule has 3 N–H and O–H groups in total. The molecule has 3 aliphatic heterocycles. The van der Waals surface area contributed by atoms with Crippen LogP contribution in [0, 0.1) is 0 Å². The lowest BCUT2D eigenvalue weighted by Crippen LogP contribution is -2.50. The molecule has 366 valence electrons. The molecule has 1 spiro atoms. The van der Waals surface area contributed by atoms with Crippen LogP contribution in [-0.4, -0.2) is 89.3 Å². The van der Waals surface area contributed by atoms with Gasteiger partial charge >= 0.3 is 23.5 Å². The summed E-state index contributed by atoms with van der Waals surface area (Å²) < 4.78 is 10.6. The number of nitrogens with one attached hydrogen (secondary N) is 3. The minimum Gasteiger partial charge on any atom is -0.438 e. The molecule has 17 heteroatoms. The van der Waals surface area contributed by atoms with Crippen LogP contribution in [-0.2, 0) is 16.8 Å². The minimum atomic E-state index is -0.489. The lowest BCUT2D eigenvalue weighted by molar-refractivity contribution is -0.0434. The van der Waals surface area contributed by atoms with Crippen LogP contribution >= 0.6 is 31.9 Å². The molecule has 15 nitrogen and oxygen atoms in total. The number of H-pyrrole nitrogens is 2. The largest absolute Gasteiger partial charge is 0.438 e. The molecule has 3 amide bonds. The molecule has 0 saturated carbocycles. The van der Waals surface area contributed by atoms with Crippen LogP contribution in [0.3, 0.4) is 0 Å². The Morgan fingerprint density at radius 3 is 1.97 bits per heavy atom. The van der Waals surface area contributed by atoms with Crippen LogP contribution in [0.5, 0.6) is 0 Å². The molecule has 9 rings (SSSR count). The number of anilines is 2. The van der Waals surface area contributed by atoms with Gasteiger partial charge < -0.3 is 19.5 Å². The molecule has 0 radical (unpaired) electrons. The normalized spacial score (nSPS) is 15.3. The monoisotopic (exact) mass is 1050 g/mol. The molecule has 1 saturated heterocycles. The summed E-state index contributed by atoms with van der Waals surface area (Å²) in [5.41, 5.74) is 5.80. The Bertz CT molecular complexity index is 2720. The van der Waals surface area contributed by atoms with Gasteiger partial charge in [0.15, 0.2) is 5.65 Å². The van der Waals surface area contributed by atoms with Crippen molar-refractivity contribution in [3.63, 3.8) is 0 Å². The zero-order valence-electron chi connectivity index (χ0n) is 38.3. The van der Waals surface area contributed by atoms with E-state index in [2.05, 4.69) is 103 Å². The number of pyridine rings is 2. The van der Waals surface area contributed by atoms with E-state index in [1.54, 1.807) is 20.2 Å². The number of hydrogen-bond acceptors (Lipinski definition) is 8. The molecule has 3 aliphatic rings. The van der Waals surface area contributed by atoms with Gasteiger partial charge in [0.25, 0.3) is 0 Å². The molecule has 0 bridgehead atoms. The van der Waals surface area contributed by atoms with Crippen molar-refractivity contribution < 1.29 is 14.3 Å². The molecule has 6 aromatic rings. The van der Waals surface area contributed by atoms with Gasteiger partial charge in [-0.25, -0.2) is 29.1 Å². The summed E-state index contributed by atoms with van der Waals surface area (Å²) in [6.45, 7) is 21.2. The number of halogens is 2. The maximum absolute atomic E-state index is 12.4. The van der Waals surface area contributed by atoms with Crippen molar-refractivity contribution in [1.82, 2.24) is 38.9 Å². The molecule has 0 atom stereocenters. The number of likely N-dealkylation sites (tertiary alicyclic amines) is 1. The third kappa shape index (κ3) is 12.5. The smallest absolute Gasteiger partial charge is 0.413 e. The number of fused-ring (bicyclic) bond motifs is 5. The summed E-state index contributed by atoms with van der Waals surface area (Å²) in [5, 5.41) is 2.68. The number of aromatic nitrogens is 6. The maximum Gasteiger partial charge on any atom is 0.413 e. The number of piperidine rings is 1. The van der Waals surface area contributed by atoms with Crippen LogP contribution in [0.2, 0.25) is 0 Å². The van der Waals surface area contributed by atoms with Gasteiger partial charge in [-0.3, -0.25) is 24.3 Å². The number of amides is 3. The van der Waals surface area contributed by atoms with E-state index in [9.17, 15) is 19.2 Å². The van der Waals surface area contributed by atoms with E-state index in [0.29, 0.717) is 22.1 Å². The highest BCUT2D eigenvalue weighted by molar-refractivity contribution is 9.13. The van der Waals surface area contributed by atoms with E-state index < -0.39 is 5.60 Å². The Balaban J connectivity index is 0.000000235. The fourth-order valence-corrected chi connectivity index (χ4v) is 8.98. The molecule has 7 heterocycles. The number of ether oxygens (including phenoxy) is 1. The SMILES string of the molecule is C.C.C.CC(C)N1CCC2(CC1)OC(=O)Nc1ncccc12.CC(C)n1c(=O)[nH]c2ccccc21.CC(C)n1c(=O)[nH]c2nc(Br)c(Br)cc21.CN1C(=O)N(C(C)(C)C)CCc2ccccc21. The molecular weight excluding hydrogens is 980 g/mol. The number of rotatable bonds is 3. The number of benzene rings is 2. The second kappa shape index (κ2) is 23.2. The first-order valence-corrected chi connectivity index (χ1v) is 23.3. The number of carbonyl (C=O) groups is 2. The second-order valence-electron chi connectivity index (χ2n) is 18.0. The van der Waals surface area contributed by atoms with Crippen molar-refractivity contribution in [1.29, 1.82) is 0 Å². The highest BCUT2D eigenvalue weighted by Gasteiger charge is 2.45. The topological polar surface area (TPSA) is 166 Å². The molecule has 1 fully saturated rings. The molecular formula is C50H72Br2N10O5. The summed E-state index contributed by atoms with van der Waals surface area (Å²) in [6, 6.07) is 22.6. The van der Waals surface area contributed by atoms with E-state index in [4.69, 9.17) is 4.74 Å². The van der Waals surface area contributed by atoms with Gasteiger partial charge in [0.1, 0.15) is 16.0 Å². The van der Waals surface area contributed by atoms with Crippen molar-refractivity contribution >= 4 is 77.7 Å². The van der Waals surface area contributed by atoms with Crippen molar-refractivity contribution in [2.75, 3.05) is 36.9 Å². The molecule has 2 aromatic carbocycles. The minimum absolute atomic E-state index is 0. The number of para-hydroxylation sites is 3. The maximum atomic E-state index is 12.4. The van der Waals surface area contributed by atoms with Crippen molar-refractivity contribution in [3.8, 4) is 0 Å². The number of urea groups is 1. The number of hydrogen-bond donors (Lipinski definition) is 3. The van der Waals surface area contributed by atoms with E-state index in [-0.39, 0.29) is 63.4 Å². The summed E-state index contributed by atoms with van der Waals surface area (Å²) in [6.07, 6.45) is 3.89. The average molecular weight is 1050 g/mol. The number of imidazole rings is 2. The molecule has 0 unspecified atom stereocenters. The third-order valence-electron chi connectivity index (χ3n) is 11.7. The van der Waals surface area contributed by atoms with Crippen molar-refractivity contribution in [2.45, 2.75) is 133 Å². The lowest BCUT2D eigenvalue weighted by Gasteiger charge is -2.44. The quantitative estimate of drug-likeness (QED) is 0.147. The van der Waals surface area contributed by atoms with E-state index in [1.807, 2.05) is 100 Å². The highest BCUT2D eigenvalue weighted by atomic mass is 79.9. The summed E-state index contributed by atoms with van der Waals surface area (Å²) in [5.74, 6) is 0.650. The van der Waals surface area contributed by atoms with Crippen LogP contribution in [0.1, 0.15) is 121 Å². The Morgan fingerprint density at radius 2 is 1.34 bits per heavy atom. The summed E-state index contributed by atoms with van der Waals surface area (Å²) >= 11 is 6.67. The average Bonchev–Trinajstić information content (AvgIpc) is 3.71. The third-order valence-corrected chi connectivity index (χ3v) is 13.4. The zero-order chi connectivity index (χ0) is 46.7. The van der Waals surface area contributed by atoms with Gasteiger partial charge in [0, 0.05) is 80.6 Å². The van der Waals surface area contributed by atoms with E-state index in [0.717, 1.165) is 71.2 Å². The Hall–Kier alpha value is -5.26. The Morgan fingerprint density at radius 1 is 0.746 bits per heavy atom. The van der Waals surface area contributed by atoms with Crippen LogP contribution in [0.15, 0.2) is 91.6 Å². The van der Waals surface area contributed by atoms with Crippen molar-refractivity contribution in [3.05, 3.63) is 114 Å². The molecule has 4 aromatic heterocycles. The fraction of sp³-hybridized carbons (Fsp3) is 0.480. The Labute approximate surface area is 413 Å². The van der Waals surface area contributed by atoms with Gasteiger partial charge in [-0.15, -0.1) is 0 Å². The molecule has 67 heavy (non-hydrogen) atoms. The predicted octanol–water partition coefficient (Wildman–Crippen LogP) is 11.9. The number of nitrogens with zero attached hydrogens (tertiary/aromatic N) is 7. The van der Waals surface area contributed by atoms with Crippen molar-refractivity contribution in [2.24, 2.45) is 0 Å². The van der Waals surface area contributed by atoms with Crippen LogP contribution in [0.25, 0.3) is 22.2 Å². The van der Waals surface area contributed by atoms with Gasteiger partial charge in [-0.05, 0) is 143 Å². The standard InChI is InChI=1S/C14H19N3O2.C14H20N2O.C10H12N2O.C9H9Br2N3O.3CH4/c1-10(2)17-8-5-14(6-9-17)11-4-3-7-15-12(11)16-13(18)19-14;1-14(2,3)16-10-9-11-7-5-6-8-12(11)15(4)13(16)17;1-7(2)12-9-6-4-3-5-8(9)11-10(12)13;1-4(2)14-6-3-5(10)7(11)12-8(6)13-9(14)15;;;/h3-4,7,10H,5-6,8-9H2,1-2H3,(H,15,16,18);5-8H,9-10H2,1-4H3;3-7H,1-2H3,(H,11,13);3-4H,1-2H3,(H,12,13,15);3*1H4. The van der Waals surface area contributed by atoms with E-state index in [1.165, 1.54) is 5.56 Å². The van der Waals surface area contributed by atoms with Crippen LogP contribution in [0.4, 0.5) is 21.1 Å². The summed E-state index contributed by atoms with van der Waals surface area (Å²) in [4.78, 5) is 67.4. The summed E-state index contributed by atoms with van der Waals surface area (Å²) in [7, 11) is 1.85. The second-order valence-corrected chi connectivity index (χ2v) is 19.6. The van der Waals surface area contributed by atoms with Gasteiger partial charge in [0.05, 0.1) is 21.0 Å². The highest BCUT2D eigenvalue weighted by Crippen LogP contribution is 2.42. The fourth-order valence-electron chi connectivity index (χ4n) is 8.39. The van der Waals surface area contributed by atoms with Gasteiger partial charge in [0.2, 0.25) is 0 Å². The predicted molar refractivity (Wildman–Crippen MR) is 282 cm³/mol. The first kappa shape index (κ1) is 56.1. The first-order chi connectivity index (χ1) is 30.2. The van der Waals surface area contributed by atoms with Gasteiger partial charge in [-0.2, -0.15) is 0 Å². The molecule has 0 aliphatic carbocycles. The Kier molecular flexibility index (Phi) is 19.4. The zero-order valence-corrected chi connectivity index (χ0v) is 41.5. The number of carbonyl (C=O) groups excluding carboxylic acids is 2. The lowest BCUT2D eigenvalue weighted by atomic mass is 9.83. The first-order valence-electron chi connectivity index (χ1n) is 21.7. The van der Waals surface area contributed by atoms with Gasteiger partial charge in [-0.1, -0.05) is 52.6 Å². The van der Waals surface area contributed by atoms with E-state index >= 15 is 0 Å². The number of aromatic amines is 2.